The van der Waals surface area contributed by atoms with Crippen LogP contribution in [0.1, 0.15) is 32.6 Å². The lowest BCUT2D eigenvalue weighted by atomic mass is 9.83. The summed E-state index contributed by atoms with van der Waals surface area (Å²) in [4.78, 5) is 0. The molecule has 0 aromatic heterocycles. The Kier molecular flexibility index (Phi) is 2.89. The van der Waals surface area contributed by atoms with E-state index in [1.807, 2.05) is 0 Å². The van der Waals surface area contributed by atoms with E-state index in [9.17, 15) is 5.11 Å². The predicted octanol–water partition coefficient (Wildman–Crippen LogP) is 1.39. The average Bonchev–Trinajstić information content (AvgIpc) is 2.92. The zero-order chi connectivity index (χ0) is 9.26. The van der Waals surface area contributed by atoms with Gasteiger partial charge in [0, 0.05) is 12.6 Å². The fraction of sp³-hybridized carbons (Fsp3) is 1.00. The number of rotatable bonds is 3. The Bertz CT molecular complexity index is 167. The number of nitrogens with one attached hydrogen (secondary N) is 1. The molecule has 1 saturated carbocycles. The molecule has 0 amide bonds. The maximum absolute atomic E-state index is 9.27. The van der Waals surface area contributed by atoms with Gasteiger partial charge in [-0.15, -0.1) is 0 Å². The molecule has 0 bridgehead atoms. The molecule has 2 aliphatic rings. The molecule has 0 spiro atoms. The molecule has 2 nitrogen and oxygen atoms in total. The molecular weight excluding hydrogens is 162 g/mol. The third-order valence-electron chi connectivity index (χ3n) is 3.52. The van der Waals surface area contributed by atoms with Gasteiger partial charge in [0.15, 0.2) is 0 Å². The fourth-order valence-corrected chi connectivity index (χ4v) is 2.47. The monoisotopic (exact) mass is 183 g/mol. The van der Waals surface area contributed by atoms with Gasteiger partial charge in [-0.2, -0.15) is 0 Å². The van der Waals surface area contributed by atoms with Gasteiger partial charge in [0.1, 0.15) is 0 Å². The first-order chi connectivity index (χ1) is 6.29. The van der Waals surface area contributed by atoms with Gasteiger partial charge < -0.3 is 10.4 Å². The van der Waals surface area contributed by atoms with Crippen LogP contribution in [0.2, 0.25) is 0 Å². The van der Waals surface area contributed by atoms with E-state index in [-0.39, 0.29) is 0 Å². The minimum atomic E-state index is 0.370. The molecule has 1 heterocycles. The van der Waals surface area contributed by atoms with Gasteiger partial charge in [0.2, 0.25) is 0 Å². The van der Waals surface area contributed by atoms with E-state index in [1.165, 1.54) is 25.7 Å². The molecule has 2 rings (SSSR count). The number of aliphatic hydroxyl groups is 1. The second kappa shape index (κ2) is 3.97. The van der Waals surface area contributed by atoms with Crippen LogP contribution in [0.25, 0.3) is 0 Å². The Morgan fingerprint density at radius 1 is 1.38 bits per heavy atom. The molecule has 2 fully saturated rings. The summed E-state index contributed by atoms with van der Waals surface area (Å²) in [7, 11) is 0. The molecule has 76 valence electrons. The van der Waals surface area contributed by atoms with Gasteiger partial charge in [-0.3, -0.25) is 0 Å². The van der Waals surface area contributed by atoms with Crippen LogP contribution in [0.3, 0.4) is 0 Å². The van der Waals surface area contributed by atoms with Gasteiger partial charge >= 0.3 is 0 Å². The van der Waals surface area contributed by atoms with Crippen molar-refractivity contribution in [3.8, 4) is 0 Å². The maximum atomic E-state index is 9.27. The second-order valence-corrected chi connectivity index (χ2v) is 4.98. The highest BCUT2D eigenvalue weighted by atomic mass is 16.3. The molecule has 3 unspecified atom stereocenters. The topological polar surface area (TPSA) is 32.3 Å². The lowest BCUT2D eigenvalue weighted by Gasteiger charge is -2.35. The highest BCUT2D eigenvalue weighted by molar-refractivity contribution is 4.88. The van der Waals surface area contributed by atoms with Crippen molar-refractivity contribution in [2.24, 2.45) is 17.8 Å². The van der Waals surface area contributed by atoms with E-state index in [2.05, 4.69) is 12.2 Å². The summed E-state index contributed by atoms with van der Waals surface area (Å²) in [5, 5.41) is 12.9. The predicted molar refractivity (Wildman–Crippen MR) is 53.5 cm³/mol. The zero-order valence-electron chi connectivity index (χ0n) is 8.50. The van der Waals surface area contributed by atoms with Crippen LogP contribution in [-0.4, -0.2) is 24.3 Å². The maximum Gasteiger partial charge on any atom is 0.0474 e. The van der Waals surface area contributed by atoms with Gasteiger partial charge in [0.25, 0.3) is 0 Å². The number of hydrogen-bond donors (Lipinski definition) is 2. The van der Waals surface area contributed by atoms with E-state index in [0.29, 0.717) is 18.6 Å². The van der Waals surface area contributed by atoms with Crippen molar-refractivity contribution in [2.75, 3.05) is 13.2 Å². The van der Waals surface area contributed by atoms with Crippen LogP contribution >= 0.6 is 0 Å². The van der Waals surface area contributed by atoms with Gasteiger partial charge in [-0.1, -0.05) is 19.8 Å². The van der Waals surface area contributed by atoms with Crippen LogP contribution in [0, 0.1) is 17.8 Å². The van der Waals surface area contributed by atoms with Crippen LogP contribution in [0.15, 0.2) is 0 Å². The number of hydrogen-bond acceptors (Lipinski definition) is 2. The lowest BCUT2D eigenvalue weighted by molar-refractivity contribution is 0.129. The molecule has 0 aromatic rings. The highest BCUT2D eigenvalue weighted by Crippen LogP contribution is 2.36. The molecule has 1 saturated heterocycles. The van der Waals surface area contributed by atoms with Gasteiger partial charge in [-0.05, 0) is 37.1 Å². The normalized spacial score (nSPS) is 40.6. The van der Waals surface area contributed by atoms with Gasteiger partial charge in [0.05, 0.1) is 0 Å². The molecule has 0 radical (unpaired) electrons. The average molecular weight is 183 g/mol. The molecule has 1 aliphatic heterocycles. The summed E-state index contributed by atoms with van der Waals surface area (Å²) in [6, 6.07) is 0.605. The number of aliphatic hydroxyl groups excluding tert-OH is 1. The van der Waals surface area contributed by atoms with Crippen LogP contribution in [0.4, 0.5) is 0 Å². The molecular formula is C11H21NO. The second-order valence-electron chi connectivity index (χ2n) is 4.98. The summed E-state index contributed by atoms with van der Waals surface area (Å²) in [5.74, 6) is 2.23. The largest absolute Gasteiger partial charge is 0.396 e. The van der Waals surface area contributed by atoms with Crippen LogP contribution < -0.4 is 5.32 Å². The van der Waals surface area contributed by atoms with Crippen molar-refractivity contribution >= 4 is 0 Å². The van der Waals surface area contributed by atoms with Crippen molar-refractivity contribution in [3.63, 3.8) is 0 Å². The summed E-state index contributed by atoms with van der Waals surface area (Å²) in [5.41, 5.74) is 0. The molecule has 13 heavy (non-hydrogen) atoms. The van der Waals surface area contributed by atoms with E-state index in [1.54, 1.807) is 0 Å². The molecule has 3 atom stereocenters. The third kappa shape index (κ3) is 2.44. The van der Waals surface area contributed by atoms with Crippen LogP contribution in [-0.2, 0) is 0 Å². The van der Waals surface area contributed by atoms with Crippen molar-refractivity contribution < 1.29 is 5.11 Å². The molecule has 0 aromatic carbocycles. The van der Waals surface area contributed by atoms with Crippen molar-refractivity contribution in [2.45, 2.75) is 38.6 Å². The Morgan fingerprint density at radius 3 is 2.77 bits per heavy atom. The Labute approximate surface area is 80.7 Å². The van der Waals surface area contributed by atoms with Crippen molar-refractivity contribution in [1.82, 2.24) is 5.32 Å². The Hall–Kier alpha value is -0.0800. The van der Waals surface area contributed by atoms with E-state index >= 15 is 0 Å². The van der Waals surface area contributed by atoms with E-state index in [4.69, 9.17) is 0 Å². The van der Waals surface area contributed by atoms with E-state index in [0.717, 1.165) is 18.4 Å². The fourth-order valence-electron chi connectivity index (χ4n) is 2.47. The molecule has 2 heteroatoms. The summed E-state index contributed by atoms with van der Waals surface area (Å²) < 4.78 is 0. The van der Waals surface area contributed by atoms with E-state index < -0.39 is 0 Å². The first-order valence-electron chi connectivity index (χ1n) is 5.64. The summed E-state index contributed by atoms with van der Waals surface area (Å²) in [6.45, 7) is 3.78. The first-order valence-corrected chi connectivity index (χ1v) is 5.64. The van der Waals surface area contributed by atoms with Crippen LogP contribution in [0.5, 0.6) is 0 Å². The smallest absolute Gasteiger partial charge is 0.0474 e. The Balaban J connectivity index is 1.84. The third-order valence-corrected chi connectivity index (χ3v) is 3.52. The first kappa shape index (κ1) is 9.47. The zero-order valence-corrected chi connectivity index (χ0v) is 8.50. The van der Waals surface area contributed by atoms with Crippen molar-refractivity contribution in [1.29, 1.82) is 0 Å². The highest BCUT2D eigenvalue weighted by Gasteiger charge is 2.32. The van der Waals surface area contributed by atoms with Gasteiger partial charge in [-0.25, -0.2) is 0 Å². The Morgan fingerprint density at radius 2 is 2.15 bits per heavy atom. The van der Waals surface area contributed by atoms with Crippen molar-refractivity contribution in [3.05, 3.63) is 0 Å². The molecule has 1 aliphatic carbocycles. The minimum Gasteiger partial charge on any atom is -0.396 e. The number of piperidine rings is 1. The summed E-state index contributed by atoms with van der Waals surface area (Å²) in [6.07, 6.45) is 5.36. The standard InChI is InChI=1S/C11H21NO/c1-8-4-10(7-13)11(12-6-8)5-9-2-3-9/h8-13H,2-7H2,1H3. The minimum absolute atomic E-state index is 0.370. The quantitative estimate of drug-likeness (QED) is 0.693. The lowest BCUT2D eigenvalue weighted by Crippen LogP contribution is -2.46. The SMILES string of the molecule is CC1CNC(CC2CC2)C(CO)C1. The molecule has 2 N–H and O–H groups in total. The summed E-state index contributed by atoms with van der Waals surface area (Å²) >= 11 is 0.